The van der Waals surface area contributed by atoms with Crippen LogP contribution in [0.2, 0.25) is 0 Å². The van der Waals surface area contributed by atoms with Crippen LogP contribution in [0.1, 0.15) is 64.7 Å². The molecule has 0 heterocycles. The van der Waals surface area contributed by atoms with Crippen LogP contribution in [0, 0.1) is 5.82 Å². The fourth-order valence-corrected chi connectivity index (χ4v) is 2.24. The summed E-state index contributed by atoms with van der Waals surface area (Å²) >= 11 is 0. The normalized spacial score (nSPS) is 10.4. The third-order valence-electron chi connectivity index (χ3n) is 3.54. The third-order valence-corrected chi connectivity index (χ3v) is 3.54. The Morgan fingerprint density at radius 1 is 0.917 bits per heavy atom. The highest BCUT2D eigenvalue weighted by Crippen LogP contribution is 2.17. The van der Waals surface area contributed by atoms with Crippen molar-refractivity contribution in [2.75, 3.05) is 6.61 Å². The minimum absolute atomic E-state index is 0.0162. The molecule has 0 atom stereocenters. The van der Waals surface area contributed by atoms with E-state index in [1.807, 2.05) is 6.92 Å². The van der Waals surface area contributed by atoms with Crippen molar-refractivity contribution in [3.05, 3.63) is 30.1 Å². The molecule has 0 fully saturated rings. The molecule has 0 saturated carbocycles. The average Bonchev–Trinajstić information content (AvgIpc) is 2.57. The van der Waals surface area contributed by atoms with Crippen molar-refractivity contribution in [2.24, 2.45) is 0 Å². The minimum Gasteiger partial charge on any atom is -0.466 e. The molecule has 5 heteroatoms. The van der Waals surface area contributed by atoms with Crippen molar-refractivity contribution in [2.45, 2.75) is 64.7 Å². The molecular formula is C19H27FO4. The summed E-state index contributed by atoms with van der Waals surface area (Å²) in [5.74, 6) is -1.06. The molecule has 0 N–H and O–H groups in total. The van der Waals surface area contributed by atoms with Crippen LogP contribution < -0.4 is 4.74 Å². The predicted octanol–water partition coefficient (Wildman–Crippen LogP) is 4.81. The molecule has 0 bridgehead atoms. The first kappa shape index (κ1) is 20.1. The van der Waals surface area contributed by atoms with E-state index in [0.717, 1.165) is 44.9 Å². The van der Waals surface area contributed by atoms with Crippen molar-refractivity contribution in [1.29, 1.82) is 0 Å². The number of benzene rings is 1. The van der Waals surface area contributed by atoms with Crippen molar-refractivity contribution in [3.63, 3.8) is 0 Å². The summed E-state index contributed by atoms with van der Waals surface area (Å²) in [5, 5.41) is 0. The summed E-state index contributed by atoms with van der Waals surface area (Å²) in [6.45, 7) is 2.47. The van der Waals surface area contributed by atoms with Crippen molar-refractivity contribution in [1.82, 2.24) is 0 Å². The van der Waals surface area contributed by atoms with Crippen molar-refractivity contribution < 1.29 is 23.5 Å². The smallest absolute Gasteiger partial charge is 0.311 e. The Balaban J connectivity index is 1.97. The van der Waals surface area contributed by atoms with E-state index in [0.29, 0.717) is 13.0 Å². The second-order valence-corrected chi connectivity index (χ2v) is 5.75. The van der Waals surface area contributed by atoms with Crippen LogP contribution in [-0.4, -0.2) is 18.5 Å². The van der Waals surface area contributed by atoms with Crippen LogP contribution in [0.4, 0.5) is 4.39 Å². The number of rotatable bonds is 12. The van der Waals surface area contributed by atoms with E-state index in [4.69, 9.17) is 9.47 Å². The van der Waals surface area contributed by atoms with Gasteiger partial charge in [-0.1, -0.05) is 44.7 Å². The molecule has 0 saturated heterocycles. The first-order chi connectivity index (χ1) is 11.6. The largest absolute Gasteiger partial charge is 0.466 e. The number of hydrogen-bond acceptors (Lipinski definition) is 4. The molecule has 1 aromatic carbocycles. The van der Waals surface area contributed by atoms with Crippen LogP contribution in [0.5, 0.6) is 5.75 Å². The minimum atomic E-state index is -0.525. The van der Waals surface area contributed by atoms with Gasteiger partial charge in [-0.2, -0.15) is 0 Å². The second-order valence-electron chi connectivity index (χ2n) is 5.75. The van der Waals surface area contributed by atoms with E-state index < -0.39 is 11.8 Å². The highest BCUT2D eigenvalue weighted by Gasteiger charge is 2.08. The molecule has 24 heavy (non-hydrogen) atoms. The lowest BCUT2D eigenvalue weighted by atomic mass is 10.1. The summed E-state index contributed by atoms with van der Waals surface area (Å²) in [4.78, 5) is 22.9. The highest BCUT2D eigenvalue weighted by atomic mass is 19.1. The first-order valence-electron chi connectivity index (χ1n) is 8.74. The quantitative estimate of drug-likeness (QED) is 0.312. The lowest BCUT2D eigenvalue weighted by Gasteiger charge is -2.05. The fourth-order valence-electron chi connectivity index (χ4n) is 2.24. The van der Waals surface area contributed by atoms with Gasteiger partial charge in [0.15, 0.2) is 11.6 Å². The van der Waals surface area contributed by atoms with Gasteiger partial charge < -0.3 is 9.47 Å². The summed E-state index contributed by atoms with van der Waals surface area (Å²) in [7, 11) is 0. The molecule has 4 nitrogen and oxygen atoms in total. The molecule has 1 aromatic rings. The lowest BCUT2D eigenvalue weighted by molar-refractivity contribution is -0.143. The summed E-state index contributed by atoms with van der Waals surface area (Å²) in [6, 6.07) is 5.89. The Bertz CT molecular complexity index is 502. The Morgan fingerprint density at radius 2 is 1.50 bits per heavy atom. The summed E-state index contributed by atoms with van der Waals surface area (Å²) in [6.07, 6.45) is 7.15. The van der Waals surface area contributed by atoms with E-state index in [9.17, 15) is 14.0 Å². The Labute approximate surface area is 143 Å². The molecule has 0 aliphatic heterocycles. The molecule has 0 aliphatic carbocycles. The van der Waals surface area contributed by atoms with Gasteiger partial charge >= 0.3 is 11.9 Å². The third kappa shape index (κ3) is 9.28. The number of carbonyl (C=O) groups excluding carboxylic acids is 2. The molecule has 0 aromatic heterocycles. The van der Waals surface area contributed by atoms with E-state index in [-0.39, 0.29) is 18.1 Å². The molecule has 0 radical (unpaired) electrons. The molecule has 0 unspecified atom stereocenters. The highest BCUT2D eigenvalue weighted by molar-refractivity contribution is 5.72. The van der Waals surface area contributed by atoms with E-state index in [2.05, 4.69) is 0 Å². The van der Waals surface area contributed by atoms with Gasteiger partial charge in [-0.05, 0) is 31.4 Å². The summed E-state index contributed by atoms with van der Waals surface area (Å²) < 4.78 is 23.3. The van der Waals surface area contributed by atoms with E-state index in [1.165, 1.54) is 12.1 Å². The van der Waals surface area contributed by atoms with Crippen LogP contribution in [0.25, 0.3) is 0 Å². The molecule has 0 amide bonds. The summed E-state index contributed by atoms with van der Waals surface area (Å²) in [5.41, 5.74) is 0. The van der Waals surface area contributed by atoms with Crippen molar-refractivity contribution in [3.8, 4) is 5.75 Å². The number of halogens is 1. The van der Waals surface area contributed by atoms with Crippen LogP contribution in [0.15, 0.2) is 24.3 Å². The van der Waals surface area contributed by atoms with Gasteiger partial charge in [-0.3, -0.25) is 9.59 Å². The van der Waals surface area contributed by atoms with Gasteiger partial charge in [0.2, 0.25) is 0 Å². The number of hydrogen-bond donors (Lipinski definition) is 0. The number of para-hydroxylation sites is 1. The van der Waals surface area contributed by atoms with Crippen LogP contribution >= 0.6 is 0 Å². The Morgan fingerprint density at radius 3 is 2.12 bits per heavy atom. The number of unbranched alkanes of at least 4 members (excludes halogenated alkanes) is 5. The zero-order valence-electron chi connectivity index (χ0n) is 14.4. The molecular weight excluding hydrogens is 311 g/mol. The van der Waals surface area contributed by atoms with Gasteiger partial charge in [0.1, 0.15) is 0 Å². The standard InChI is InChI=1S/C19H27FO4/c1-2-15-23-18(21)13-7-5-3-4-6-8-14-19(22)24-17-12-10-9-11-16(17)20/h9-12H,2-8,13-15H2,1H3. The van der Waals surface area contributed by atoms with Gasteiger partial charge in [0.25, 0.3) is 0 Å². The van der Waals surface area contributed by atoms with E-state index in [1.54, 1.807) is 12.1 Å². The topological polar surface area (TPSA) is 52.6 Å². The first-order valence-corrected chi connectivity index (χ1v) is 8.74. The zero-order valence-corrected chi connectivity index (χ0v) is 14.4. The second kappa shape index (κ2) is 12.5. The fraction of sp³-hybridized carbons (Fsp3) is 0.579. The monoisotopic (exact) mass is 338 g/mol. The van der Waals surface area contributed by atoms with Gasteiger partial charge in [-0.15, -0.1) is 0 Å². The van der Waals surface area contributed by atoms with Gasteiger partial charge in [-0.25, -0.2) is 4.39 Å². The average molecular weight is 338 g/mol. The molecule has 0 spiro atoms. The Kier molecular flexibility index (Phi) is 10.5. The van der Waals surface area contributed by atoms with Gasteiger partial charge in [0, 0.05) is 12.8 Å². The maximum absolute atomic E-state index is 13.3. The maximum Gasteiger partial charge on any atom is 0.311 e. The van der Waals surface area contributed by atoms with Crippen molar-refractivity contribution >= 4 is 11.9 Å². The zero-order chi connectivity index (χ0) is 17.6. The number of esters is 2. The molecule has 0 aliphatic rings. The van der Waals surface area contributed by atoms with Gasteiger partial charge in [0.05, 0.1) is 6.61 Å². The number of carbonyl (C=O) groups is 2. The van der Waals surface area contributed by atoms with Crippen LogP contribution in [0.3, 0.4) is 0 Å². The van der Waals surface area contributed by atoms with Crippen LogP contribution in [-0.2, 0) is 14.3 Å². The molecule has 1 rings (SSSR count). The van der Waals surface area contributed by atoms with E-state index >= 15 is 0 Å². The maximum atomic E-state index is 13.3. The lowest BCUT2D eigenvalue weighted by Crippen LogP contribution is -2.08. The predicted molar refractivity (Wildman–Crippen MR) is 90.2 cm³/mol. The Hall–Kier alpha value is -1.91. The number of ether oxygens (including phenoxy) is 2. The SMILES string of the molecule is CCCOC(=O)CCCCCCCCC(=O)Oc1ccccc1F. The molecule has 134 valence electrons.